The normalized spacial score (nSPS) is 10.7. The molecule has 2 aromatic carbocycles. The molecule has 0 aromatic heterocycles. The lowest BCUT2D eigenvalue weighted by atomic mass is 10.1. The van der Waals surface area contributed by atoms with E-state index in [-0.39, 0.29) is 5.75 Å². The zero-order valence-corrected chi connectivity index (χ0v) is 11.7. The molecular weight excluding hydrogens is 284 g/mol. The second kappa shape index (κ2) is 6.20. The predicted octanol–water partition coefficient (Wildman–Crippen LogP) is 4.22. The zero-order valence-electron chi connectivity index (χ0n) is 10.9. The summed E-state index contributed by atoms with van der Waals surface area (Å²) in [4.78, 5) is 0. The topological polar surface area (TPSA) is 35.2 Å². The van der Waals surface area contributed by atoms with Crippen molar-refractivity contribution in [2.45, 2.75) is 13.3 Å². The van der Waals surface area contributed by atoms with Crippen LogP contribution in [0.2, 0.25) is 5.02 Å². The van der Waals surface area contributed by atoms with Crippen LogP contribution in [0.5, 0.6) is 11.5 Å². The summed E-state index contributed by atoms with van der Waals surface area (Å²) in [6, 6.07) is 7.45. The molecule has 2 nitrogen and oxygen atoms in total. The Morgan fingerprint density at radius 2 is 1.80 bits per heavy atom. The van der Waals surface area contributed by atoms with Crippen molar-refractivity contribution >= 4 is 11.6 Å². The fraction of sp³-hybridized carbons (Fsp3) is 0.200. The van der Waals surface area contributed by atoms with Gasteiger partial charge in [0.15, 0.2) is 17.4 Å². The minimum absolute atomic E-state index is 0.219. The number of aryl methyl sites for hydroxylation is 1. The van der Waals surface area contributed by atoms with Crippen LogP contribution in [-0.4, -0.2) is 6.54 Å². The van der Waals surface area contributed by atoms with Crippen molar-refractivity contribution in [1.82, 2.24) is 0 Å². The minimum Gasteiger partial charge on any atom is -0.450 e. The molecule has 0 spiro atoms. The van der Waals surface area contributed by atoms with E-state index in [9.17, 15) is 8.78 Å². The molecule has 0 fully saturated rings. The van der Waals surface area contributed by atoms with E-state index in [2.05, 4.69) is 0 Å². The molecule has 0 radical (unpaired) electrons. The summed E-state index contributed by atoms with van der Waals surface area (Å²) in [5, 5.41) is 0.292. The van der Waals surface area contributed by atoms with Crippen molar-refractivity contribution in [1.29, 1.82) is 0 Å². The van der Waals surface area contributed by atoms with Crippen LogP contribution in [0.4, 0.5) is 8.78 Å². The summed E-state index contributed by atoms with van der Waals surface area (Å²) in [5.74, 6) is -1.79. The van der Waals surface area contributed by atoms with Gasteiger partial charge >= 0.3 is 0 Å². The molecule has 0 saturated heterocycles. The van der Waals surface area contributed by atoms with Crippen molar-refractivity contribution in [2.24, 2.45) is 5.73 Å². The maximum atomic E-state index is 13.9. The van der Waals surface area contributed by atoms with E-state index in [4.69, 9.17) is 22.1 Å². The van der Waals surface area contributed by atoms with Crippen LogP contribution < -0.4 is 10.5 Å². The first-order valence-electron chi connectivity index (χ1n) is 6.13. The molecule has 0 aliphatic rings. The number of nitrogens with two attached hydrogens (primary N) is 1. The SMILES string of the molecule is Cc1ccc(Cl)c(Oc2c(F)cc(CCN)cc2F)c1. The number of hydrogen-bond donors (Lipinski definition) is 1. The molecule has 0 atom stereocenters. The van der Waals surface area contributed by atoms with Gasteiger partial charge in [0.2, 0.25) is 0 Å². The van der Waals surface area contributed by atoms with Gasteiger partial charge in [0.05, 0.1) is 5.02 Å². The lowest BCUT2D eigenvalue weighted by Crippen LogP contribution is -2.04. The Bertz CT molecular complexity index is 608. The van der Waals surface area contributed by atoms with Gasteiger partial charge in [-0.2, -0.15) is 0 Å². The van der Waals surface area contributed by atoms with E-state index in [1.807, 2.05) is 6.92 Å². The Morgan fingerprint density at radius 1 is 1.15 bits per heavy atom. The predicted molar refractivity (Wildman–Crippen MR) is 75.4 cm³/mol. The third kappa shape index (κ3) is 3.26. The molecule has 2 N–H and O–H groups in total. The molecule has 0 unspecified atom stereocenters. The van der Waals surface area contributed by atoms with Crippen molar-refractivity contribution < 1.29 is 13.5 Å². The summed E-state index contributed by atoms with van der Waals surface area (Å²) in [6.07, 6.45) is 0.402. The number of halogens is 3. The highest BCUT2D eigenvalue weighted by molar-refractivity contribution is 6.32. The van der Waals surface area contributed by atoms with E-state index in [0.29, 0.717) is 23.6 Å². The van der Waals surface area contributed by atoms with Gasteiger partial charge in [0.1, 0.15) is 5.75 Å². The molecule has 106 valence electrons. The monoisotopic (exact) mass is 297 g/mol. The van der Waals surface area contributed by atoms with Crippen LogP contribution in [0.3, 0.4) is 0 Å². The molecular formula is C15H14ClF2NO. The molecule has 0 aliphatic heterocycles. The Morgan fingerprint density at radius 3 is 2.40 bits per heavy atom. The van der Waals surface area contributed by atoms with E-state index < -0.39 is 17.4 Å². The number of ether oxygens (including phenoxy) is 1. The largest absolute Gasteiger partial charge is 0.450 e. The highest BCUT2D eigenvalue weighted by Gasteiger charge is 2.15. The summed E-state index contributed by atoms with van der Waals surface area (Å²) < 4.78 is 33.1. The fourth-order valence-corrected chi connectivity index (χ4v) is 1.98. The third-order valence-corrected chi connectivity index (χ3v) is 3.10. The summed E-state index contributed by atoms with van der Waals surface area (Å²) in [6.45, 7) is 2.16. The first-order valence-corrected chi connectivity index (χ1v) is 6.51. The average Bonchev–Trinajstić information content (AvgIpc) is 2.38. The smallest absolute Gasteiger partial charge is 0.198 e. The van der Waals surface area contributed by atoms with Gasteiger partial charge in [-0.05, 0) is 55.3 Å². The molecule has 0 heterocycles. The van der Waals surface area contributed by atoms with Crippen LogP contribution in [0.15, 0.2) is 30.3 Å². The first-order chi connectivity index (χ1) is 9.51. The average molecular weight is 298 g/mol. The molecule has 5 heteroatoms. The maximum absolute atomic E-state index is 13.9. The van der Waals surface area contributed by atoms with Gasteiger partial charge < -0.3 is 10.5 Å². The Balaban J connectivity index is 2.36. The standard InChI is InChI=1S/C15H14ClF2NO/c1-9-2-3-11(16)14(6-9)20-15-12(17)7-10(4-5-19)8-13(15)18/h2-3,6-8H,4-5,19H2,1H3. The van der Waals surface area contributed by atoms with Crippen molar-refractivity contribution in [3.63, 3.8) is 0 Å². The highest BCUT2D eigenvalue weighted by atomic mass is 35.5. The quantitative estimate of drug-likeness (QED) is 0.917. The molecule has 2 rings (SSSR count). The van der Waals surface area contributed by atoms with Crippen molar-refractivity contribution in [2.75, 3.05) is 6.54 Å². The van der Waals surface area contributed by atoms with Gasteiger partial charge in [-0.25, -0.2) is 8.78 Å². The summed E-state index contributed by atoms with van der Waals surface area (Å²) in [7, 11) is 0. The molecule has 0 amide bonds. The zero-order chi connectivity index (χ0) is 14.7. The third-order valence-electron chi connectivity index (χ3n) is 2.79. The van der Waals surface area contributed by atoms with E-state index in [1.165, 1.54) is 12.1 Å². The lowest BCUT2D eigenvalue weighted by molar-refractivity contribution is 0.406. The van der Waals surface area contributed by atoms with Crippen LogP contribution in [0.1, 0.15) is 11.1 Å². The second-order valence-electron chi connectivity index (χ2n) is 4.46. The van der Waals surface area contributed by atoms with Gasteiger partial charge in [-0.1, -0.05) is 17.7 Å². The summed E-state index contributed by atoms with van der Waals surface area (Å²) in [5.41, 5.74) is 6.74. The van der Waals surface area contributed by atoms with Crippen molar-refractivity contribution in [3.8, 4) is 11.5 Å². The number of rotatable bonds is 4. The van der Waals surface area contributed by atoms with E-state index in [1.54, 1.807) is 18.2 Å². The van der Waals surface area contributed by atoms with Crippen LogP contribution in [-0.2, 0) is 6.42 Å². The Kier molecular flexibility index (Phi) is 4.57. The number of hydrogen-bond acceptors (Lipinski definition) is 2. The van der Waals surface area contributed by atoms with Crippen molar-refractivity contribution in [3.05, 3.63) is 58.1 Å². The Hall–Kier alpha value is -1.65. The van der Waals surface area contributed by atoms with Gasteiger partial charge in [-0.15, -0.1) is 0 Å². The highest BCUT2D eigenvalue weighted by Crippen LogP contribution is 2.33. The molecule has 2 aromatic rings. The first kappa shape index (κ1) is 14.8. The van der Waals surface area contributed by atoms with Crippen LogP contribution in [0, 0.1) is 18.6 Å². The molecule has 0 aliphatic carbocycles. The van der Waals surface area contributed by atoms with Gasteiger partial charge in [0, 0.05) is 0 Å². The van der Waals surface area contributed by atoms with E-state index in [0.717, 1.165) is 5.56 Å². The van der Waals surface area contributed by atoms with Crippen LogP contribution in [0.25, 0.3) is 0 Å². The minimum atomic E-state index is -0.772. The molecule has 0 saturated carbocycles. The summed E-state index contributed by atoms with van der Waals surface area (Å²) >= 11 is 5.95. The fourth-order valence-electron chi connectivity index (χ4n) is 1.82. The number of benzene rings is 2. The lowest BCUT2D eigenvalue weighted by Gasteiger charge is -2.11. The van der Waals surface area contributed by atoms with Crippen LogP contribution >= 0.6 is 11.6 Å². The maximum Gasteiger partial charge on any atom is 0.198 e. The van der Waals surface area contributed by atoms with Gasteiger partial charge in [0.25, 0.3) is 0 Å². The van der Waals surface area contributed by atoms with Gasteiger partial charge in [-0.3, -0.25) is 0 Å². The van der Waals surface area contributed by atoms with E-state index >= 15 is 0 Å². The Labute approximate surface area is 121 Å². The molecule has 20 heavy (non-hydrogen) atoms. The molecule has 0 bridgehead atoms. The second-order valence-corrected chi connectivity index (χ2v) is 4.87.